The summed E-state index contributed by atoms with van der Waals surface area (Å²) in [5, 5.41) is 0. The summed E-state index contributed by atoms with van der Waals surface area (Å²) in [5.41, 5.74) is 0. The summed E-state index contributed by atoms with van der Waals surface area (Å²) in [5.74, 6) is 1.60. The average molecular weight is 263 g/mol. The van der Waals surface area contributed by atoms with E-state index in [0.717, 1.165) is 31.7 Å². The topological polar surface area (TPSA) is 38.8 Å². The zero-order valence-electron chi connectivity index (χ0n) is 11.6. The Morgan fingerprint density at radius 1 is 1.21 bits per heavy atom. The van der Waals surface area contributed by atoms with E-state index < -0.39 is 0 Å². The van der Waals surface area contributed by atoms with E-state index in [1.54, 1.807) is 7.11 Å². The summed E-state index contributed by atoms with van der Waals surface area (Å²) in [6.45, 7) is 3.70. The predicted molar refractivity (Wildman–Crippen MR) is 73.5 cm³/mol. The number of rotatable bonds is 5. The SMILES string of the molecule is CC[C@H](Oc1ccc(OC)cc1)C(=O)N1CCCC1. The Morgan fingerprint density at radius 3 is 2.32 bits per heavy atom. The number of likely N-dealkylation sites (tertiary alicyclic amines) is 1. The first kappa shape index (κ1) is 13.7. The number of methoxy groups -OCH3 is 1. The molecule has 2 rings (SSSR count). The largest absolute Gasteiger partial charge is 0.497 e. The number of hydrogen-bond donors (Lipinski definition) is 0. The molecule has 19 heavy (non-hydrogen) atoms. The van der Waals surface area contributed by atoms with Gasteiger partial charge in [-0.05, 0) is 43.5 Å². The summed E-state index contributed by atoms with van der Waals surface area (Å²) in [7, 11) is 1.63. The molecule has 0 unspecified atom stereocenters. The van der Waals surface area contributed by atoms with Gasteiger partial charge in [0.2, 0.25) is 0 Å². The van der Waals surface area contributed by atoms with Crippen LogP contribution < -0.4 is 9.47 Å². The maximum Gasteiger partial charge on any atom is 0.263 e. The van der Waals surface area contributed by atoms with Crippen molar-refractivity contribution in [2.45, 2.75) is 32.3 Å². The molecule has 104 valence electrons. The zero-order valence-corrected chi connectivity index (χ0v) is 11.6. The van der Waals surface area contributed by atoms with Crippen LogP contribution in [0.5, 0.6) is 11.5 Å². The Labute approximate surface area is 114 Å². The molecule has 0 aliphatic carbocycles. The highest BCUT2D eigenvalue weighted by atomic mass is 16.5. The van der Waals surface area contributed by atoms with Crippen LogP contribution in [0.1, 0.15) is 26.2 Å². The second kappa shape index (κ2) is 6.45. The number of amides is 1. The standard InChI is InChI=1S/C15H21NO3/c1-3-14(15(17)16-10-4-5-11-16)19-13-8-6-12(18-2)7-9-13/h6-9,14H,3-5,10-11H2,1-2H3/t14-/m0/s1. The lowest BCUT2D eigenvalue weighted by atomic mass is 10.2. The Hall–Kier alpha value is -1.71. The van der Waals surface area contributed by atoms with Gasteiger partial charge in [0, 0.05) is 13.1 Å². The van der Waals surface area contributed by atoms with E-state index in [2.05, 4.69) is 0 Å². The minimum atomic E-state index is -0.383. The van der Waals surface area contributed by atoms with Crippen LogP contribution in [-0.2, 0) is 4.79 Å². The quantitative estimate of drug-likeness (QED) is 0.819. The van der Waals surface area contributed by atoms with Crippen molar-refractivity contribution in [3.63, 3.8) is 0 Å². The fourth-order valence-corrected chi connectivity index (χ4v) is 2.27. The van der Waals surface area contributed by atoms with Crippen LogP contribution in [-0.4, -0.2) is 37.1 Å². The Bertz CT molecular complexity index is 410. The molecule has 0 spiro atoms. The van der Waals surface area contributed by atoms with Gasteiger partial charge in [-0.3, -0.25) is 4.79 Å². The Morgan fingerprint density at radius 2 is 1.79 bits per heavy atom. The lowest BCUT2D eigenvalue weighted by Crippen LogP contribution is -2.40. The van der Waals surface area contributed by atoms with Crippen molar-refractivity contribution < 1.29 is 14.3 Å². The van der Waals surface area contributed by atoms with E-state index in [4.69, 9.17) is 9.47 Å². The molecule has 0 bridgehead atoms. The third kappa shape index (κ3) is 3.40. The average Bonchev–Trinajstić information content (AvgIpc) is 2.99. The van der Waals surface area contributed by atoms with Gasteiger partial charge in [0.25, 0.3) is 5.91 Å². The van der Waals surface area contributed by atoms with Gasteiger partial charge in [0.15, 0.2) is 6.10 Å². The maximum atomic E-state index is 12.3. The van der Waals surface area contributed by atoms with E-state index >= 15 is 0 Å². The molecule has 0 aromatic heterocycles. The smallest absolute Gasteiger partial charge is 0.263 e. The van der Waals surface area contributed by atoms with E-state index in [9.17, 15) is 4.79 Å². The minimum Gasteiger partial charge on any atom is -0.497 e. The molecule has 1 fully saturated rings. The number of ether oxygens (including phenoxy) is 2. The van der Waals surface area contributed by atoms with Crippen LogP contribution in [0.3, 0.4) is 0 Å². The number of benzene rings is 1. The molecule has 1 atom stereocenters. The van der Waals surface area contributed by atoms with Gasteiger partial charge in [0.1, 0.15) is 11.5 Å². The normalized spacial score (nSPS) is 16.2. The van der Waals surface area contributed by atoms with Gasteiger partial charge in [-0.25, -0.2) is 0 Å². The van der Waals surface area contributed by atoms with Crippen LogP contribution in [0.2, 0.25) is 0 Å². The summed E-state index contributed by atoms with van der Waals surface area (Å²) in [4.78, 5) is 14.2. The highest BCUT2D eigenvalue weighted by Gasteiger charge is 2.26. The van der Waals surface area contributed by atoms with Crippen molar-refractivity contribution in [1.29, 1.82) is 0 Å². The molecule has 0 radical (unpaired) electrons. The van der Waals surface area contributed by atoms with Crippen molar-refractivity contribution in [2.24, 2.45) is 0 Å². The van der Waals surface area contributed by atoms with Crippen molar-refractivity contribution in [2.75, 3.05) is 20.2 Å². The second-order valence-electron chi connectivity index (χ2n) is 4.72. The molecule has 0 N–H and O–H groups in total. The number of carbonyl (C=O) groups is 1. The summed E-state index contributed by atoms with van der Waals surface area (Å²) in [6.07, 6.45) is 2.50. The first-order valence-electron chi connectivity index (χ1n) is 6.84. The Balaban J connectivity index is 1.99. The van der Waals surface area contributed by atoms with Crippen molar-refractivity contribution >= 4 is 5.91 Å². The van der Waals surface area contributed by atoms with Gasteiger partial charge in [-0.1, -0.05) is 6.92 Å². The lowest BCUT2D eigenvalue weighted by molar-refractivity contribution is -0.137. The molecule has 1 aromatic rings. The maximum absolute atomic E-state index is 12.3. The van der Waals surface area contributed by atoms with Crippen molar-refractivity contribution in [3.8, 4) is 11.5 Å². The zero-order chi connectivity index (χ0) is 13.7. The van der Waals surface area contributed by atoms with Crippen LogP contribution in [0.4, 0.5) is 0 Å². The molecule has 1 aromatic carbocycles. The lowest BCUT2D eigenvalue weighted by Gasteiger charge is -2.23. The van der Waals surface area contributed by atoms with Crippen molar-refractivity contribution in [3.05, 3.63) is 24.3 Å². The summed E-state index contributed by atoms with van der Waals surface area (Å²) >= 11 is 0. The second-order valence-corrected chi connectivity index (χ2v) is 4.72. The number of hydrogen-bond acceptors (Lipinski definition) is 3. The van der Waals surface area contributed by atoms with Gasteiger partial charge in [-0.15, -0.1) is 0 Å². The van der Waals surface area contributed by atoms with Crippen molar-refractivity contribution in [1.82, 2.24) is 4.90 Å². The van der Waals surface area contributed by atoms with E-state index in [1.807, 2.05) is 36.1 Å². The molecular formula is C15H21NO3. The third-order valence-corrected chi connectivity index (χ3v) is 3.40. The number of nitrogens with zero attached hydrogens (tertiary/aromatic N) is 1. The monoisotopic (exact) mass is 263 g/mol. The number of carbonyl (C=O) groups excluding carboxylic acids is 1. The van der Waals surface area contributed by atoms with Gasteiger partial charge in [0.05, 0.1) is 7.11 Å². The predicted octanol–water partition coefficient (Wildman–Crippen LogP) is 2.48. The fourth-order valence-electron chi connectivity index (χ4n) is 2.27. The first-order valence-corrected chi connectivity index (χ1v) is 6.84. The highest BCUT2D eigenvalue weighted by molar-refractivity contribution is 5.81. The molecular weight excluding hydrogens is 242 g/mol. The molecule has 1 saturated heterocycles. The van der Waals surface area contributed by atoms with Gasteiger partial charge < -0.3 is 14.4 Å². The van der Waals surface area contributed by atoms with E-state index in [-0.39, 0.29) is 12.0 Å². The molecule has 4 nitrogen and oxygen atoms in total. The third-order valence-electron chi connectivity index (χ3n) is 3.40. The Kier molecular flexibility index (Phi) is 4.66. The molecule has 1 amide bonds. The van der Waals surface area contributed by atoms with E-state index in [0.29, 0.717) is 12.2 Å². The van der Waals surface area contributed by atoms with Crippen LogP contribution in [0, 0.1) is 0 Å². The van der Waals surface area contributed by atoms with E-state index in [1.165, 1.54) is 0 Å². The molecule has 1 aliphatic heterocycles. The van der Waals surface area contributed by atoms with Gasteiger partial charge in [-0.2, -0.15) is 0 Å². The van der Waals surface area contributed by atoms with Crippen LogP contribution in [0.25, 0.3) is 0 Å². The highest BCUT2D eigenvalue weighted by Crippen LogP contribution is 2.20. The minimum absolute atomic E-state index is 0.107. The molecule has 4 heteroatoms. The molecule has 1 aliphatic rings. The first-order chi connectivity index (χ1) is 9.24. The van der Waals surface area contributed by atoms with Crippen LogP contribution >= 0.6 is 0 Å². The van der Waals surface area contributed by atoms with Gasteiger partial charge >= 0.3 is 0 Å². The fraction of sp³-hybridized carbons (Fsp3) is 0.533. The summed E-state index contributed by atoms with van der Waals surface area (Å²) < 4.78 is 10.9. The van der Waals surface area contributed by atoms with Crippen LogP contribution in [0.15, 0.2) is 24.3 Å². The summed E-state index contributed by atoms with van der Waals surface area (Å²) in [6, 6.07) is 7.34. The molecule has 0 saturated carbocycles. The molecule has 1 heterocycles.